The lowest BCUT2D eigenvalue weighted by Gasteiger charge is -2.17. The number of H-pyrrole nitrogens is 1. The molecule has 0 aliphatic rings. The number of para-hydroxylation sites is 2. The molecule has 1 heterocycles. The SMILES string of the molecule is C[C@H](NC(=O)Nc1ccccc1)C(=O)O[C@@H](C)C(=O)c1c[nH]c2ccccc12. The summed E-state index contributed by atoms with van der Waals surface area (Å²) < 4.78 is 5.25. The summed E-state index contributed by atoms with van der Waals surface area (Å²) in [6.07, 6.45) is 0.625. The first-order valence-corrected chi connectivity index (χ1v) is 8.89. The molecule has 7 heteroatoms. The van der Waals surface area contributed by atoms with Crippen LogP contribution in [0.2, 0.25) is 0 Å². The molecule has 1 aromatic heterocycles. The van der Waals surface area contributed by atoms with Crippen molar-refractivity contribution in [3.63, 3.8) is 0 Å². The Bertz CT molecular complexity index is 997. The predicted molar refractivity (Wildman–Crippen MR) is 106 cm³/mol. The van der Waals surface area contributed by atoms with Gasteiger partial charge in [0.25, 0.3) is 0 Å². The molecule has 3 N–H and O–H groups in total. The number of amides is 2. The maximum absolute atomic E-state index is 12.6. The molecule has 2 aromatic carbocycles. The van der Waals surface area contributed by atoms with Crippen LogP contribution in [0.15, 0.2) is 60.8 Å². The first-order valence-electron chi connectivity index (χ1n) is 8.89. The fraction of sp³-hybridized carbons (Fsp3) is 0.190. The Labute approximate surface area is 162 Å². The maximum Gasteiger partial charge on any atom is 0.329 e. The molecule has 0 bridgehead atoms. The van der Waals surface area contributed by atoms with E-state index in [0.717, 1.165) is 10.9 Å². The largest absolute Gasteiger partial charge is 0.453 e. The number of Topliss-reactive ketones (excluding diaryl/α,β-unsaturated/α-hetero) is 1. The minimum absolute atomic E-state index is 0.313. The highest BCUT2D eigenvalue weighted by Gasteiger charge is 2.25. The summed E-state index contributed by atoms with van der Waals surface area (Å²) >= 11 is 0. The van der Waals surface area contributed by atoms with Crippen molar-refractivity contribution in [2.75, 3.05) is 5.32 Å². The molecular formula is C21H21N3O4. The minimum atomic E-state index is -0.979. The Morgan fingerprint density at radius 1 is 0.964 bits per heavy atom. The number of fused-ring (bicyclic) bond motifs is 1. The van der Waals surface area contributed by atoms with Crippen molar-refractivity contribution in [3.8, 4) is 0 Å². The summed E-state index contributed by atoms with van der Waals surface area (Å²) in [6.45, 7) is 3.01. The van der Waals surface area contributed by atoms with Gasteiger partial charge in [0.1, 0.15) is 6.04 Å². The van der Waals surface area contributed by atoms with Gasteiger partial charge in [0.2, 0.25) is 5.78 Å². The molecule has 0 aliphatic heterocycles. The fourth-order valence-electron chi connectivity index (χ4n) is 2.77. The number of anilines is 1. The summed E-state index contributed by atoms with van der Waals surface area (Å²) in [7, 11) is 0. The molecule has 28 heavy (non-hydrogen) atoms. The van der Waals surface area contributed by atoms with Crippen LogP contribution in [0.25, 0.3) is 10.9 Å². The molecular weight excluding hydrogens is 358 g/mol. The van der Waals surface area contributed by atoms with Crippen LogP contribution in [-0.2, 0) is 9.53 Å². The molecule has 0 unspecified atom stereocenters. The van der Waals surface area contributed by atoms with Crippen LogP contribution >= 0.6 is 0 Å². The highest BCUT2D eigenvalue weighted by atomic mass is 16.5. The van der Waals surface area contributed by atoms with Crippen LogP contribution < -0.4 is 10.6 Å². The van der Waals surface area contributed by atoms with E-state index < -0.39 is 24.1 Å². The predicted octanol–water partition coefficient (Wildman–Crippen LogP) is 3.49. The molecule has 0 aliphatic carbocycles. The van der Waals surface area contributed by atoms with Crippen LogP contribution in [0.1, 0.15) is 24.2 Å². The molecule has 0 saturated heterocycles. The van der Waals surface area contributed by atoms with E-state index in [1.165, 1.54) is 13.8 Å². The third-order valence-corrected chi connectivity index (χ3v) is 4.25. The molecule has 0 radical (unpaired) electrons. The second kappa shape index (κ2) is 8.39. The highest BCUT2D eigenvalue weighted by molar-refractivity contribution is 6.10. The Morgan fingerprint density at radius 3 is 2.39 bits per heavy atom. The van der Waals surface area contributed by atoms with Crippen molar-refractivity contribution in [3.05, 3.63) is 66.4 Å². The lowest BCUT2D eigenvalue weighted by molar-refractivity contribution is -0.148. The van der Waals surface area contributed by atoms with E-state index in [9.17, 15) is 14.4 Å². The number of aromatic amines is 1. The van der Waals surface area contributed by atoms with Gasteiger partial charge in [-0.2, -0.15) is 0 Å². The zero-order valence-electron chi connectivity index (χ0n) is 15.6. The fourth-order valence-corrected chi connectivity index (χ4v) is 2.77. The summed E-state index contributed by atoms with van der Waals surface area (Å²) in [6, 6.07) is 14.8. The molecule has 3 aromatic rings. The van der Waals surface area contributed by atoms with Crippen LogP contribution in [0.4, 0.5) is 10.5 Å². The topological polar surface area (TPSA) is 100 Å². The molecule has 0 saturated carbocycles. The number of hydrogen-bond donors (Lipinski definition) is 3. The van der Waals surface area contributed by atoms with Gasteiger partial charge in [0.05, 0.1) is 0 Å². The Balaban J connectivity index is 1.57. The number of aromatic nitrogens is 1. The van der Waals surface area contributed by atoms with Gasteiger partial charge in [-0.05, 0) is 32.0 Å². The Morgan fingerprint density at radius 2 is 1.64 bits per heavy atom. The van der Waals surface area contributed by atoms with Gasteiger partial charge < -0.3 is 20.4 Å². The number of rotatable bonds is 6. The van der Waals surface area contributed by atoms with E-state index >= 15 is 0 Å². The van der Waals surface area contributed by atoms with Crippen molar-refractivity contribution >= 4 is 34.4 Å². The Hall–Kier alpha value is -3.61. The number of hydrogen-bond acceptors (Lipinski definition) is 4. The van der Waals surface area contributed by atoms with Gasteiger partial charge in [-0.15, -0.1) is 0 Å². The van der Waals surface area contributed by atoms with E-state index in [-0.39, 0.29) is 5.78 Å². The van der Waals surface area contributed by atoms with E-state index in [2.05, 4.69) is 15.6 Å². The van der Waals surface area contributed by atoms with Gasteiger partial charge in [0, 0.05) is 28.4 Å². The van der Waals surface area contributed by atoms with Crippen molar-refractivity contribution < 1.29 is 19.1 Å². The second-order valence-corrected chi connectivity index (χ2v) is 6.38. The third kappa shape index (κ3) is 4.37. The quantitative estimate of drug-likeness (QED) is 0.451. The molecule has 0 spiro atoms. The lowest BCUT2D eigenvalue weighted by atomic mass is 10.1. The number of carbonyl (C=O) groups is 3. The molecule has 144 valence electrons. The van der Waals surface area contributed by atoms with Crippen LogP contribution in [0.5, 0.6) is 0 Å². The zero-order valence-corrected chi connectivity index (χ0v) is 15.6. The van der Waals surface area contributed by atoms with E-state index in [4.69, 9.17) is 4.74 Å². The van der Waals surface area contributed by atoms with Crippen molar-refractivity contribution in [2.24, 2.45) is 0 Å². The van der Waals surface area contributed by atoms with Crippen LogP contribution in [-0.4, -0.2) is 34.9 Å². The van der Waals surface area contributed by atoms with Gasteiger partial charge in [-0.1, -0.05) is 36.4 Å². The Kier molecular flexibility index (Phi) is 5.74. The first-order chi connectivity index (χ1) is 13.5. The van der Waals surface area contributed by atoms with E-state index in [1.54, 1.807) is 30.5 Å². The average molecular weight is 379 g/mol. The summed E-state index contributed by atoms with van der Waals surface area (Å²) in [4.78, 5) is 39.9. The molecule has 0 fully saturated rings. The van der Waals surface area contributed by atoms with Crippen molar-refractivity contribution in [1.82, 2.24) is 10.3 Å². The molecule has 2 atom stereocenters. The second-order valence-electron chi connectivity index (χ2n) is 6.38. The van der Waals surface area contributed by atoms with Gasteiger partial charge >= 0.3 is 12.0 Å². The standard InChI is InChI=1S/C21H21N3O4/c1-13(23-21(27)24-15-8-4-3-5-9-15)20(26)28-14(2)19(25)17-12-22-18-11-7-6-10-16(17)18/h3-14,22H,1-2H3,(H2,23,24,27)/t13-,14-/m0/s1. The summed E-state index contributed by atoms with van der Waals surface area (Å²) in [5.74, 6) is -1.00. The monoisotopic (exact) mass is 379 g/mol. The number of ketones is 1. The number of nitrogens with one attached hydrogen (secondary N) is 3. The van der Waals surface area contributed by atoms with E-state index in [1.807, 2.05) is 30.3 Å². The normalized spacial score (nSPS) is 12.8. The third-order valence-electron chi connectivity index (χ3n) is 4.25. The number of benzene rings is 2. The van der Waals surface area contributed by atoms with Crippen LogP contribution in [0, 0.1) is 0 Å². The molecule has 2 amide bonds. The van der Waals surface area contributed by atoms with Gasteiger partial charge in [0.15, 0.2) is 6.10 Å². The zero-order chi connectivity index (χ0) is 20.1. The van der Waals surface area contributed by atoms with Crippen molar-refractivity contribution in [1.29, 1.82) is 0 Å². The number of ether oxygens (including phenoxy) is 1. The first kappa shape index (κ1) is 19.2. The maximum atomic E-state index is 12.6. The number of esters is 1. The van der Waals surface area contributed by atoms with E-state index in [0.29, 0.717) is 11.3 Å². The minimum Gasteiger partial charge on any atom is -0.453 e. The smallest absolute Gasteiger partial charge is 0.329 e. The molecule has 7 nitrogen and oxygen atoms in total. The lowest BCUT2D eigenvalue weighted by Crippen LogP contribution is -2.43. The van der Waals surface area contributed by atoms with Crippen molar-refractivity contribution in [2.45, 2.75) is 26.0 Å². The number of urea groups is 1. The summed E-state index contributed by atoms with van der Waals surface area (Å²) in [5.41, 5.74) is 1.89. The number of carbonyl (C=O) groups excluding carboxylic acids is 3. The highest BCUT2D eigenvalue weighted by Crippen LogP contribution is 2.20. The van der Waals surface area contributed by atoms with Gasteiger partial charge in [-0.3, -0.25) is 4.79 Å². The molecule has 3 rings (SSSR count). The summed E-state index contributed by atoms with van der Waals surface area (Å²) in [5, 5.41) is 5.88. The average Bonchev–Trinajstić information content (AvgIpc) is 3.12. The van der Waals surface area contributed by atoms with Crippen LogP contribution in [0.3, 0.4) is 0 Å². The van der Waals surface area contributed by atoms with Gasteiger partial charge in [-0.25, -0.2) is 9.59 Å².